The molecule has 1 aliphatic heterocycles. The molecule has 0 saturated carbocycles. The summed E-state index contributed by atoms with van der Waals surface area (Å²) in [5.74, 6) is 0.680. The second-order valence-corrected chi connectivity index (χ2v) is 7.81. The smallest absolute Gasteiger partial charge is 0.230 e. The first-order valence-corrected chi connectivity index (χ1v) is 10.8. The van der Waals surface area contributed by atoms with Crippen LogP contribution in [0.3, 0.4) is 0 Å². The van der Waals surface area contributed by atoms with E-state index in [2.05, 4.69) is 20.2 Å². The van der Waals surface area contributed by atoms with Gasteiger partial charge >= 0.3 is 0 Å². The SMILES string of the molecule is O=C(Cc1cccc(OCCN2CCOCC2)c1)Nc1nc(-c2ccncc2)cs1. The summed E-state index contributed by atoms with van der Waals surface area (Å²) in [4.78, 5) is 23.3. The molecule has 1 saturated heterocycles. The monoisotopic (exact) mass is 424 g/mol. The van der Waals surface area contributed by atoms with Gasteiger partial charge in [-0.1, -0.05) is 12.1 Å². The van der Waals surface area contributed by atoms with Crippen LogP contribution in [-0.2, 0) is 16.0 Å². The Morgan fingerprint density at radius 3 is 2.87 bits per heavy atom. The third kappa shape index (κ3) is 5.85. The number of nitrogens with zero attached hydrogens (tertiary/aromatic N) is 3. The van der Waals surface area contributed by atoms with Gasteiger partial charge in [-0.3, -0.25) is 14.7 Å². The number of carbonyl (C=O) groups is 1. The van der Waals surface area contributed by atoms with Gasteiger partial charge in [0.15, 0.2) is 5.13 Å². The first-order chi connectivity index (χ1) is 14.8. The van der Waals surface area contributed by atoms with Crippen molar-refractivity contribution in [3.63, 3.8) is 0 Å². The van der Waals surface area contributed by atoms with Crippen molar-refractivity contribution in [2.45, 2.75) is 6.42 Å². The molecule has 3 heterocycles. The van der Waals surface area contributed by atoms with Crippen LogP contribution in [0.15, 0.2) is 54.2 Å². The second-order valence-electron chi connectivity index (χ2n) is 6.95. The van der Waals surface area contributed by atoms with E-state index in [4.69, 9.17) is 9.47 Å². The minimum atomic E-state index is -0.101. The van der Waals surface area contributed by atoms with E-state index >= 15 is 0 Å². The number of nitrogens with one attached hydrogen (secondary N) is 1. The average Bonchev–Trinajstić information content (AvgIpc) is 3.24. The molecular weight excluding hydrogens is 400 g/mol. The lowest BCUT2D eigenvalue weighted by Gasteiger charge is -2.26. The van der Waals surface area contributed by atoms with Gasteiger partial charge < -0.3 is 14.8 Å². The molecule has 0 bridgehead atoms. The molecule has 1 aliphatic rings. The van der Waals surface area contributed by atoms with Crippen molar-refractivity contribution in [1.82, 2.24) is 14.9 Å². The van der Waals surface area contributed by atoms with E-state index in [1.54, 1.807) is 12.4 Å². The number of thiazole rings is 1. The Morgan fingerprint density at radius 1 is 1.20 bits per heavy atom. The molecule has 2 aromatic heterocycles. The number of anilines is 1. The Labute approximate surface area is 179 Å². The Kier molecular flexibility index (Phi) is 7.02. The lowest BCUT2D eigenvalue weighted by molar-refractivity contribution is -0.115. The summed E-state index contributed by atoms with van der Waals surface area (Å²) < 4.78 is 11.2. The molecule has 1 fully saturated rings. The molecule has 7 nitrogen and oxygen atoms in total. The van der Waals surface area contributed by atoms with Crippen LogP contribution in [0.1, 0.15) is 5.56 Å². The van der Waals surface area contributed by atoms with Crippen molar-refractivity contribution in [2.24, 2.45) is 0 Å². The molecular formula is C22H24N4O3S. The molecule has 1 N–H and O–H groups in total. The largest absolute Gasteiger partial charge is 0.492 e. The highest BCUT2D eigenvalue weighted by Gasteiger charge is 2.11. The molecule has 3 aromatic rings. The van der Waals surface area contributed by atoms with E-state index in [9.17, 15) is 4.79 Å². The molecule has 1 aromatic carbocycles. The third-order valence-electron chi connectivity index (χ3n) is 4.77. The molecule has 8 heteroatoms. The maximum absolute atomic E-state index is 12.4. The van der Waals surface area contributed by atoms with Crippen LogP contribution >= 0.6 is 11.3 Å². The highest BCUT2D eigenvalue weighted by atomic mass is 32.1. The van der Waals surface area contributed by atoms with Crippen molar-refractivity contribution in [3.05, 3.63) is 59.7 Å². The van der Waals surface area contributed by atoms with Gasteiger partial charge in [-0.05, 0) is 29.8 Å². The minimum absolute atomic E-state index is 0.101. The van der Waals surface area contributed by atoms with Crippen molar-refractivity contribution in [3.8, 4) is 17.0 Å². The summed E-state index contributed by atoms with van der Waals surface area (Å²) >= 11 is 1.41. The summed E-state index contributed by atoms with van der Waals surface area (Å²) in [6.07, 6.45) is 3.72. The molecule has 0 radical (unpaired) electrons. The van der Waals surface area contributed by atoms with E-state index in [1.165, 1.54) is 11.3 Å². The van der Waals surface area contributed by atoms with E-state index in [0.717, 1.165) is 55.4 Å². The van der Waals surface area contributed by atoms with Crippen molar-refractivity contribution < 1.29 is 14.3 Å². The number of aromatic nitrogens is 2. The number of carbonyl (C=O) groups excluding carboxylic acids is 1. The normalized spacial score (nSPS) is 14.4. The van der Waals surface area contributed by atoms with E-state index in [-0.39, 0.29) is 12.3 Å². The molecule has 1 amide bonds. The maximum atomic E-state index is 12.4. The summed E-state index contributed by atoms with van der Waals surface area (Å²) in [6.45, 7) is 4.96. The highest BCUT2D eigenvalue weighted by Crippen LogP contribution is 2.24. The Morgan fingerprint density at radius 2 is 2.03 bits per heavy atom. The van der Waals surface area contributed by atoms with Crippen LogP contribution in [0.5, 0.6) is 5.75 Å². The highest BCUT2D eigenvalue weighted by molar-refractivity contribution is 7.14. The zero-order chi connectivity index (χ0) is 20.6. The molecule has 0 atom stereocenters. The number of benzene rings is 1. The zero-order valence-corrected chi connectivity index (χ0v) is 17.4. The third-order valence-corrected chi connectivity index (χ3v) is 5.53. The fourth-order valence-corrected chi connectivity index (χ4v) is 3.93. The quantitative estimate of drug-likeness (QED) is 0.599. The first kappa shape index (κ1) is 20.5. The zero-order valence-electron chi connectivity index (χ0n) is 16.6. The number of ether oxygens (including phenoxy) is 2. The topological polar surface area (TPSA) is 76.6 Å². The molecule has 156 valence electrons. The van der Waals surface area contributed by atoms with Gasteiger partial charge in [0.2, 0.25) is 5.91 Å². The van der Waals surface area contributed by atoms with Crippen molar-refractivity contribution >= 4 is 22.4 Å². The number of hydrogen-bond acceptors (Lipinski definition) is 7. The molecule has 0 unspecified atom stereocenters. The van der Waals surface area contributed by atoms with Crippen LogP contribution in [0, 0.1) is 0 Å². The van der Waals surface area contributed by atoms with E-state index in [0.29, 0.717) is 11.7 Å². The number of pyridine rings is 1. The van der Waals surface area contributed by atoms with E-state index in [1.807, 2.05) is 41.8 Å². The first-order valence-electron chi connectivity index (χ1n) is 9.94. The average molecular weight is 425 g/mol. The van der Waals surface area contributed by atoms with Crippen LogP contribution in [0.25, 0.3) is 11.3 Å². The minimum Gasteiger partial charge on any atom is -0.492 e. The Hall–Kier alpha value is -2.81. The van der Waals surface area contributed by atoms with Gasteiger partial charge in [0.1, 0.15) is 12.4 Å². The van der Waals surface area contributed by atoms with Crippen LogP contribution in [0.2, 0.25) is 0 Å². The second kappa shape index (κ2) is 10.3. The predicted molar refractivity (Wildman–Crippen MR) is 117 cm³/mol. The van der Waals surface area contributed by atoms with Crippen LogP contribution in [0.4, 0.5) is 5.13 Å². The predicted octanol–water partition coefficient (Wildman–Crippen LogP) is 3.10. The lowest BCUT2D eigenvalue weighted by atomic mass is 10.1. The van der Waals surface area contributed by atoms with Gasteiger partial charge in [-0.15, -0.1) is 11.3 Å². The van der Waals surface area contributed by atoms with Gasteiger partial charge in [0.05, 0.1) is 25.3 Å². The maximum Gasteiger partial charge on any atom is 0.230 e. The molecule has 4 rings (SSSR count). The lowest BCUT2D eigenvalue weighted by Crippen LogP contribution is -2.38. The number of hydrogen-bond donors (Lipinski definition) is 1. The molecule has 0 spiro atoms. The number of amides is 1. The Bertz CT molecular complexity index is 958. The Balaban J connectivity index is 1.27. The summed E-state index contributed by atoms with van der Waals surface area (Å²) in [5, 5.41) is 5.39. The summed E-state index contributed by atoms with van der Waals surface area (Å²) in [5.41, 5.74) is 2.71. The van der Waals surface area contributed by atoms with Gasteiger partial charge in [0.25, 0.3) is 0 Å². The van der Waals surface area contributed by atoms with Gasteiger partial charge in [-0.2, -0.15) is 0 Å². The van der Waals surface area contributed by atoms with Gasteiger partial charge in [-0.25, -0.2) is 4.98 Å². The van der Waals surface area contributed by atoms with E-state index < -0.39 is 0 Å². The number of rotatable bonds is 8. The fourth-order valence-electron chi connectivity index (χ4n) is 3.20. The van der Waals surface area contributed by atoms with Gasteiger partial charge in [0, 0.05) is 43.0 Å². The fraction of sp³-hybridized carbons (Fsp3) is 0.318. The number of morpholine rings is 1. The molecule has 0 aliphatic carbocycles. The summed E-state index contributed by atoms with van der Waals surface area (Å²) in [6, 6.07) is 11.5. The van der Waals surface area contributed by atoms with Crippen LogP contribution < -0.4 is 10.1 Å². The standard InChI is InChI=1S/C22H24N4O3S/c27-21(25-22-24-20(16-30-22)18-4-6-23-7-5-18)15-17-2-1-3-19(14-17)29-13-10-26-8-11-28-12-9-26/h1-7,14,16H,8-13,15H2,(H,24,25,27). The van der Waals surface area contributed by atoms with Crippen molar-refractivity contribution in [2.75, 3.05) is 44.8 Å². The van der Waals surface area contributed by atoms with Crippen LogP contribution in [-0.4, -0.2) is 60.2 Å². The molecule has 30 heavy (non-hydrogen) atoms. The van der Waals surface area contributed by atoms with Crippen molar-refractivity contribution in [1.29, 1.82) is 0 Å². The summed E-state index contributed by atoms with van der Waals surface area (Å²) in [7, 11) is 0.